The molecule has 0 unspecified atom stereocenters. The minimum absolute atomic E-state index is 1.07. The number of aromatic nitrogens is 2. The Balaban J connectivity index is 1.62. The predicted octanol–water partition coefficient (Wildman–Crippen LogP) is 1.12. The van der Waals surface area contributed by atoms with E-state index in [0.29, 0.717) is 0 Å². The Kier molecular flexibility index (Phi) is 3.89. The van der Waals surface area contributed by atoms with Gasteiger partial charge in [0.1, 0.15) is 6.20 Å². The Morgan fingerprint density at radius 3 is 2.86 bits per heavy atom. The first-order valence-corrected chi connectivity index (χ1v) is 6.28. The average molecular weight is 210 g/mol. The number of aryl methyl sites for hydroxylation is 1. The van der Waals surface area contributed by atoms with Gasteiger partial charge in [0, 0.05) is 37.3 Å². The molecule has 3 nitrogen and oxygen atoms in total. The zero-order chi connectivity index (χ0) is 9.64. The van der Waals surface area contributed by atoms with Crippen LogP contribution < -0.4 is 0 Å². The van der Waals surface area contributed by atoms with E-state index in [1.807, 2.05) is 12.5 Å². The monoisotopic (exact) mass is 210 g/mol. The molecule has 0 aliphatic carbocycles. The molecule has 0 bridgehead atoms. The molecule has 1 saturated heterocycles. The lowest BCUT2D eigenvalue weighted by atomic mass is 10.3. The molecule has 1 aliphatic heterocycles. The van der Waals surface area contributed by atoms with Gasteiger partial charge in [0.2, 0.25) is 0 Å². The Labute approximate surface area is 89.5 Å². The van der Waals surface area contributed by atoms with Crippen LogP contribution in [-0.2, 0) is 6.54 Å². The molecule has 1 fully saturated rings. The highest BCUT2D eigenvalue weighted by molar-refractivity contribution is 7.99. The van der Waals surface area contributed by atoms with E-state index in [1.54, 1.807) is 0 Å². The molecule has 1 aromatic heterocycles. The van der Waals surface area contributed by atoms with Gasteiger partial charge in [0.15, 0.2) is 0 Å². The summed E-state index contributed by atoms with van der Waals surface area (Å²) in [6, 6.07) is 0. The van der Waals surface area contributed by atoms with Gasteiger partial charge < -0.3 is 9.47 Å². The van der Waals surface area contributed by atoms with Crippen LogP contribution in [-0.4, -0.2) is 45.6 Å². The molecule has 0 N–H and O–H groups in total. The quantitative estimate of drug-likeness (QED) is 0.743. The fraction of sp³-hybridized carbons (Fsp3) is 0.700. The minimum atomic E-state index is 1.07. The van der Waals surface area contributed by atoms with Gasteiger partial charge in [-0.25, -0.2) is 4.98 Å². The van der Waals surface area contributed by atoms with Crippen molar-refractivity contribution >= 4 is 11.8 Å². The van der Waals surface area contributed by atoms with E-state index in [2.05, 4.69) is 32.4 Å². The Hall–Kier alpha value is -0.480. The molecule has 2 heterocycles. The molecule has 1 aliphatic rings. The first-order valence-electron chi connectivity index (χ1n) is 5.13. The maximum atomic E-state index is 3.91. The van der Waals surface area contributed by atoms with E-state index in [1.165, 1.54) is 37.6 Å². The second-order valence-electron chi connectivity index (χ2n) is 3.55. The molecule has 14 heavy (non-hydrogen) atoms. The highest BCUT2D eigenvalue weighted by Crippen LogP contribution is 2.09. The molecule has 0 aromatic carbocycles. The van der Waals surface area contributed by atoms with Crippen LogP contribution in [0, 0.1) is 6.20 Å². The topological polar surface area (TPSA) is 21.1 Å². The van der Waals surface area contributed by atoms with Crippen LogP contribution in [0.2, 0.25) is 0 Å². The molecule has 0 saturated carbocycles. The number of thioether (sulfide) groups is 1. The fourth-order valence-electron chi connectivity index (χ4n) is 1.67. The largest absolute Gasteiger partial charge is 0.337 e. The molecule has 0 amide bonds. The van der Waals surface area contributed by atoms with Crippen molar-refractivity contribution < 1.29 is 0 Å². The third-order valence-corrected chi connectivity index (χ3v) is 3.44. The van der Waals surface area contributed by atoms with Crippen LogP contribution in [0.3, 0.4) is 0 Å². The summed E-state index contributed by atoms with van der Waals surface area (Å²) in [6.45, 7) is 4.82. The third-order valence-electron chi connectivity index (χ3n) is 2.50. The van der Waals surface area contributed by atoms with Gasteiger partial charge in [-0.05, 0) is 13.0 Å². The van der Waals surface area contributed by atoms with E-state index < -0.39 is 0 Å². The standard InChI is InChI=1S/C10H16N3S/c1(4-13-5-2-11-10-13)3-12-6-8-14-9-7-12/h5,10H,1,3-4,6-9H2. The Bertz CT molecular complexity index is 242. The maximum Gasteiger partial charge on any atom is 0.108 e. The van der Waals surface area contributed by atoms with Crippen LogP contribution in [0.25, 0.3) is 0 Å². The van der Waals surface area contributed by atoms with Crippen LogP contribution in [0.1, 0.15) is 6.42 Å². The van der Waals surface area contributed by atoms with Crippen molar-refractivity contribution in [3.05, 3.63) is 18.7 Å². The molecule has 1 aromatic rings. The molecule has 0 spiro atoms. The molecule has 4 heteroatoms. The molecule has 2 rings (SSSR count). The van der Waals surface area contributed by atoms with Gasteiger partial charge in [-0.15, -0.1) is 0 Å². The summed E-state index contributed by atoms with van der Waals surface area (Å²) in [5.74, 6) is 2.61. The Morgan fingerprint density at radius 1 is 1.29 bits per heavy atom. The van der Waals surface area contributed by atoms with Gasteiger partial charge in [-0.2, -0.15) is 11.8 Å². The van der Waals surface area contributed by atoms with Crippen LogP contribution in [0.4, 0.5) is 0 Å². The number of hydrogen-bond acceptors (Lipinski definition) is 3. The van der Waals surface area contributed by atoms with Crippen molar-refractivity contribution in [1.29, 1.82) is 0 Å². The molecular formula is C10H16N3S. The number of imidazole rings is 1. The average Bonchev–Trinajstić information content (AvgIpc) is 2.72. The molecular weight excluding hydrogens is 194 g/mol. The highest BCUT2D eigenvalue weighted by atomic mass is 32.2. The zero-order valence-corrected chi connectivity index (χ0v) is 9.17. The van der Waals surface area contributed by atoms with Gasteiger partial charge in [0.05, 0.1) is 6.33 Å². The van der Waals surface area contributed by atoms with E-state index in [4.69, 9.17) is 0 Å². The summed E-state index contributed by atoms with van der Waals surface area (Å²) < 4.78 is 2.10. The van der Waals surface area contributed by atoms with Crippen LogP contribution in [0.5, 0.6) is 0 Å². The van der Waals surface area contributed by atoms with E-state index in [-0.39, 0.29) is 0 Å². The van der Waals surface area contributed by atoms with Crippen molar-refractivity contribution in [1.82, 2.24) is 14.5 Å². The Morgan fingerprint density at radius 2 is 2.14 bits per heavy atom. The maximum absolute atomic E-state index is 3.91. The highest BCUT2D eigenvalue weighted by Gasteiger charge is 2.08. The summed E-state index contributed by atoms with van der Waals surface area (Å²) >= 11 is 2.07. The van der Waals surface area contributed by atoms with Crippen molar-refractivity contribution in [2.75, 3.05) is 31.1 Å². The first-order chi connectivity index (χ1) is 6.95. The zero-order valence-electron chi connectivity index (χ0n) is 8.35. The normalized spacial score (nSPS) is 18.6. The number of hydrogen-bond donors (Lipinski definition) is 0. The molecule has 1 radical (unpaired) electrons. The fourth-order valence-corrected chi connectivity index (χ4v) is 2.65. The van der Waals surface area contributed by atoms with Crippen LogP contribution >= 0.6 is 11.8 Å². The first kappa shape index (κ1) is 10.1. The van der Waals surface area contributed by atoms with Gasteiger partial charge >= 0.3 is 0 Å². The summed E-state index contributed by atoms with van der Waals surface area (Å²) in [7, 11) is 0. The number of nitrogens with zero attached hydrogens (tertiary/aromatic N) is 3. The lowest BCUT2D eigenvalue weighted by Crippen LogP contribution is -2.33. The van der Waals surface area contributed by atoms with Crippen molar-refractivity contribution in [2.45, 2.75) is 13.0 Å². The lowest BCUT2D eigenvalue weighted by Gasteiger charge is -2.25. The number of rotatable bonds is 4. The van der Waals surface area contributed by atoms with E-state index in [0.717, 1.165) is 6.54 Å². The smallest absolute Gasteiger partial charge is 0.108 e. The summed E-state index contributed by atoms with van der Waals surface area (Å²) in [6.07, 6.45) is 7.78. The van der Waals surface area contributed by atoms with Crippen LogP contribution in [0.15, 0.2) is 12.5 Å². The molecule has 77 valence electrons. The minimum Gasteiger partial charge on any atom is -0.337 e. The van der Waals surface area contributed by atoms with Gasteiger partial charge in [-0.3, -0.25) is 0 Å². The van der Waals surface area contributed by atoms with Crippen molar-refractivity contribution in [3.8, 4) is 0 Å². The SMILES string of the molecule is [c]1cn(CCCN2CCSCC2)cn1. The summed E-state index contributed by atoms with van der Waals surface area (Å²) in [4.78, 5) is 6.46. The third kappa shape index (κ3) is 3.03. The van der Waals surface area contributed by atoms with Gasteiger partial charge in [-0.1, -0.05) is 0 Å². The lowest BCUT2D eigenvalue weighted by molar-refractivity contribution is 0.292. The second kappa shape index (κ2) is 5.41. The predicted molar refractivity (Wildman–Crippen MR) is 59.4 cm³/mol. The van der Waals surface area contributed by atoms with Crippen molar-refractivity contribution in [3.63, 3.8) is 0 Å². The second-order valence-corrected chi connectivity index (χ2v) is 4.77. The van der Waals surface area contributed by atoms with E-state index >= 15 is 0 Å². The van der Waals surface area contributed by atoms with Gasteiger partial charge in [0.25, 0.3) is 0 Å². The summed E-state index contributed by atoms with van der Waals surface area (Å²) in [5, 5.41) is 0. The van der Waals surface area contributed by atoms with E-state index in [9.17, 15) is 0 Å². The summed E-state index contributed by atoms with van der Waals surface area (Å²) in [5.41, 5.74) is 0. The van der Waals surface area contributed by atoms with Crippen molar-refractivity contribution in [2.24, 2.45) is 0 Å². The molecule has 0 atom stereocenters.